The van der Waals surface area contributed by atoms with Gasteiger partial charge in [-0.1, -0.05) is 11.6 Å². The van der Waals surface area contributed by atoms with Crippen LogP contribution in [0.3, 0.4) is 0 Å². The van der Waals surface area contributed by atoms with Gasteiger partial charge in [0.2, 0.25) is 5.91 Å². The number of carbonyl (C=O) groups is 1. The van der Waals surface area contributed by atoms with Gasteiger partial charge >= 0.3 is 0 Å². The molecule has 0 atom stereocenters. The highest BCUT2D eigenvalue weighted by molar-refractivity contribution is 7.92. The molecule has 1 amide bonds. The van der Waals surface area contributed by atoms with E-state index < -0.39 is 15.8 Å². The lowest BCUT2D eigenvalue weighted by Crippen LogP contribution is -2.24. The number of methoxy groups -OCH3 is 1. The molecular formula is C17H16ClFN2O4S. The number of nitrogens with zero attached hydrogens (tertiary/aromatic N) is 1. The smallest absolute Gasteiger partial charge is 0.263 e. The summed E-state index contributed by atoms with van der Waals surface area (Å²) < 4.78 is 45.8. The fraction of sp³-hybridized carbons (Fsp3) is 0.235. The van der Waals surface area contributed by atoms with Crippen molar-refractivity contribution in [3.8, 4) is 5.75 Å². The molecule has 26 heavy (non-hydrogen) atoms. The quantitative estimate of drug-likeness (QED) is 0.837. The van der Waals surface area contributed by atoms with Gasteiger partial charge in [-0.05, 0) is 36.8 Å². The summed E-state index contributed by atoms with van der Waals surface area (Å²) in [5.41, 5.74) is 0.815. The van der Waals surface area contributed by atoms with Crippen molar-refractivity contribution < 1.29 is 22.3 Å². The van der Waals surface area contributed by atoms with Gasteiger partial charge in [-0.25, -0.2) is 12.8 Å². The van der Waals surface area contributed by atoms with E-state index in [2.05, 4.69) is 4.72 Å². The van der Waals surface area contributed by atoms with Gasteiger partial charge in [-0.15, -0.1) is 0 Å². The van der Waals surface area contributed by atoms with E-state index >= 15 is 0 Å². The first-order valence-electron chi connectivity index (χ1n) is 7.78. The van der Waals surface area contributed by atoms with Crippen molar-refractivity contribution in [1.29, 1.82) is 0 Å². The molecule has 0 aliphatic carbocycles. The van der Waals surface area contributed by atoms with E-state index in [1.54, 1.807) is 11.0 Å². The highest BCUT2D eigenvalue weighted by Crippen LogP contribution is 2.34. The summed E-state index contributed by atoms with van der Waals surface area (Å²) in [5.74, 6) is -0.268. The molecule has 0 saturated carbocycles. The number of rotatable bonds is 5. The average Bonchev–Trinajstić information content (AvgIpc) is 2.99. The van der Waals surface area contributed by atoms with E-state index in [1.165, 1.54) is 19.2 Å². The second kappa shape index (κ2) is 7.13. The molecule has 6 nitrogen and oxygen atoms in total. The Morgan fingerprint density at radius 2 is 2.00 bits per heavy atom. The van der Waals surface area contributed by atoms with Crippen LogP contribution in [0, 0.1) is 5.82 Å². The maximum absolute atomic E-state index is 13.1. The second-order valence-corrected chi connectivity index (χ2v) is 7.77. The number of nitrogens with one attached hydrogen (secondary N) is 1. The van der Waals surface area contributed by atoms with Crippen molar-refractivity contribution in [2.24, 2.45) is 0 Å². The van der Waals surface area contributed by atoms with Crippen molar-refractivity contribution >= 4 is 38.9 Å². The first-order valence-corrected chi connectivity index (χ1v) is 9.64. The van der Waals surface area contributed by atoms with Crippen LogP contribution < -0.4 is 14.4 Å². The third-order valence-corrected chi connectivity index (χ3v) is 5.84. The fourth-order valence-electron chi connectivity index (χ4n) is 2.77. The molecule has 1 aliphatic rings. The maximum Gasteiger partial charge on any atom is 0.263 e. The summed E-state index contributed by atoms with van der Waals surface area (Å²) in [5, 5.41) is -0.219. The third-order valence-electron chi connectivity index (χ3n) is 3.98. The summed E-state index contributed by atoms with van der Waals surface area (Å²) in [7, 11) is -2.57. The van der Waals surface area contributed by atoms with Crippen LogP contribution in [-0.2, 0) is 14.8 Å². The molecule has 2 aromatic carbocycles. The first-order chi connectivity index (χ1) is 12.3. The summed E-state index contributed by atoms with van der Waals surface area (Å²) in [6, 6.07) is 7.66. The van der Waals surface area contributed by atoms with E-state index in [0.29, 0.717) is 24.4 Å². The summed E-state index contributed by atoms with van der Waals surface area (Å²) >= 11 is 5.84. The van der Waals surface area contributed by atoms with Crippen LogP contribution in [0.1, 0.15) is 12.8 Å². The molecule has 1 fully saturated rings. The van der Waals surface area contributed by atoms with Crippen LogP contribution in [0.25, 0.3) is 0 Å². The van der Waals surface area contributed by atoms with Crippen LogP contribution in [-0.4, -0.2) is 28.0 Å². The van der Waals surface area contributed by atoms with Crippen LogP contribution in [0.4, 0.5) is 15.8 Å². The van der Waals surface area contributed by atoms with Gasteiger partial charge in [0.1, 0.15) is 16.5 Å². The number of anilines is 2. The molecule has 1 N–H and O–H groups in total. The molecule has 3 rings (SSSR count). The summed E-state index contributed by atoms with van der Waals surface area (Å²) in [4.78, 5) is 13.3. The van der Waals surface area contributed by atoms with Gasteiger partial charge in [0.15, 0.2) is 0 Å². The van der Waals surface area contributed by atoms with Crippen molar-refractivity contribution in [3.63, 3.8) is 0 Å². The minimum atomic E-state index is -4.01. The Morgan fingerprint density at radius 1 is 1.23 bits per heavy atom. The molecule has 138 valence electrons. The molecule has 0 spiro atoms. The van der Waals surface area contributed by atoms with Gasteiger partial charge in [-0.3, -0.25) is 9.52 Å². The minimum Gasteiger partial charge on any atom is -0.494 e. The molecule has 1 saturated heterocycles. The van der Waals surface area contributed by atoms with Crippen LogP contribution in [0.2, 0.25) is 5.02 Å². The molecule has 0 radical (unpaired) electrons. The Kier molecular flexibility index (Phi) is 5.06. The van der Waals surface area contributed by atoms with Gasteiger partial charge in [0.25, 0.3) is 10.0 Å². The highest BCUT2D eigenvalue weighted by Gasteiger charge is 2.25. The lowest BCUT2D eigenvalue weighted by atomic mass is 10.2. The number of carbonyl (C=O) groups excluding carboxylic acids is 1. The first kappa shape index (κ1) is 18.5. The molecular weight excluding hydrogens is 383 g/mol. The fourth-order valence-corrected chi connectivity index (χ4v) is 4.35. The minimum absolute atomic E-state index is 0.00488. The zero-order chi connectivity index (χ0) is 18.9. The molecule has 2 aromatic rings. The van der Waals surface area contributed by atoms with Crippen molar-refractivity contribution in [2.45, 2.75) is 17.7 Å². The number of sulfonamides is 1. The SMILES string of the molecule is COc1cc(NS(=O)(=O)c2ccc(F)cc2Cl)ccc1N1CCCC1=O. The Hall–Kier alpha value is -2.32. The Balaban J connectivity index is 1.91. The predicted octanol–water partition coefficient (Wildman–Crippen LogP) is 3.42. The molecule has 1 aliphatic heterocycles. The molecule has 0 unspecified atom stereocenters. The molecule has 9 heteroatoms. The van der Waals surface area contributed by atoms with Crippen LogP contribution >= 0.6 is 11.6 Å². The topological polar surface area (TPSA) is 75.7 Å². The van der Waals surface area contributed by atoms with E-state index in [-0.39, 0.29) is 21.5 Å². The average molecular weight is 399 g/mol. The monoisotopic (exact) mass is 398 g/mol. The molecule has 1 heterocycles. The number of halogens is 2. The lowest BCUT2D eigenvalue weighted by molar-refractivity contribution is -0.117. The van der Waals surface area contributed by atoms with Gasteiger partial charge < -0.3 is 9.64 Å². The standard InChI is InChI=1S/C17H16ClFN2O4S/c1-25-15-10-12(5-6-14(15)21-8-2-3-17(21)22)20-26(23,24)16-7-4-11(19)9-13(16)18/h4-7,9-10,20H,2-3,8H2,1H3. The predicted molar refractivity (Wildman–Crippen MR) is 96.8 cm³/mol. The molecule has 0 aromatic heterocycles. The Bertz CT molecular complexity index is 965. The van der Waals surface area contributed by atoms with E-state index in [9.17, 15) is 17.6 Å². The molecule has 0 bridgehead atoms. The zero-order valence-corrected chi connectivity index (χ0v) is 15.4. The summed E-state index contributed by atoms with van der Waals surface area (Å²) in [6.07, 6.45) is 1.24. The lowest BCUT2D eigenvalue weighted by Gasteiger charge is -2.20. The van der Waals surface area contributed by atoms with Crippen molar-refractivity contribution in [1.82, 2.24) is 0 Å². The largest absolute Gasteiger partial charge is 0.494 e. The number of amides is 1. The Labute approximate surface area is 155 Å². The highest BCUT2D eigenvalue weighted by atomic mass is 35.5. The second-order valence-electron chi connectivity index (χ2n) is 5.72. The zero-order valence-electron chi connectivity index (χ0n) is 13.8. The van der Waals surface area contributed by atoms with Crippen molar-refractivity contribution in [3.05, 3.63) is 47.2 Å². The van der Waals surface area contributed by atoms with E-state index in [1.807, 2.05) is 0 Å². The van der Waals surface area contributed by atoms with Gasteiger partial charge in [0, 0.05) is 19.0 Å². The van der Waals surface area contributed by atoms with Crippen LogP contribution in [0.15, 0.2) is 41.3 Å². The van der Waals surface area contributed by atoms with Gasteiger partial charge in [0.05, 0.1) is 23.5 Å². The van der Waals surface area contributed by atoms with E-state index in [0.717, 1.165) is 24.6 Å². The number of hydrogen-bond donors (Lipinski definition) is 1. The van der Waals surface area contributed by atoms with Gasteiger partial charge in [-0.2, -0.15) is 0 Å². The van der Waals surface area contributed by atoms with Crippen LogP contribution in [0.5, 0.6) is 5.75 Å². The maximum atomic E-state index is 13.1. The normalized spacial score (nSPS) is 14.6. The van der Waals surface area contributed by atoms with Crippen molar-refractivity contribution in [2.75, 3.05) is 23.3 Å². The number of hydrogen-bond acceptors (Lipinski definition) is 4. The summed E-state index contributed by atoms with van der Waals surface area (Å²) in [6.45, 7) is 0.589. The third kappa shape index (κ3) is 3.61. The number of benzene rings is 2. The number of ether oxygens (including phenoxy) is 1. The Morgan fingerprint density at radius 3 is 2.62 bits per heavy atom. The van der Waals surface area contributed by atoms with E-state index in [4.69, 9.17) is 16.3 Å².